The average Bonchev–Trinajstić information content (AvgIpc) is 3.02. The van der Waals surface area contributed by atoms with Crippen LogP contribution in [0.1, 0.15) is 22.8 Å². The van der Waals surface area contributed by atoms with Gasteiger partial charge in [-0.25, -0.2) is 4.79 Å². The minimum Gasteiger partial charge on any atom is -0.384 e. The van der Waals surface area contributed by atoms with Crippen molar-refractivity contribution in [3.05, 3.63) is 29.3 Å². The Labute approximate surface area is 142 Å². The van der Waals surface area contributed by atoms with Crippen molar-refractivity contribution in [2.24, 2.45) is 0 Å². The molecule has 7 heteroatoms. The minimum atomic E-state index is -0.0433. The molecule has 0 aromatic heterocycles. The lowest BCUT2D eigenvalue weighted by Gasteiger charge is -2.34. The number of hydrogen-bond donors (Lipinski definition) is 2. The summed E-state index contributed by atoms with van der Waals surface area (Å²) in [6.45, 7) is 5.82. The number of nitrogens with one attached hydrogen (secondary N) is 2. The Morgan fingerprint density at radius 1 is 1.17 bits per heavy atom. The molecular formula is C16H23ClN4O2. The van der Waals surface area contributed by atoms with Gasteiger partial charge in [0.05, 0.1) is 0 Å². The van der Waals surface area contributed by atoms with Crippen LogP contribution in [-0.2, 0) is 6.42 Å². The smallest absolute Gasteiger partial charge is 0.317 e. The van der Waals surface area contributed by atoms with Crippen LogP contribution in [0.5, 0.6) is 0 Å². The van der Waals surface area contributed by atoms with Gasteiger partial charge in [0.25, 0.3) is 5.91 Å². The van der Waals surface area contributed by atoms with Crippen molar-refractivity contribution in [1.82, 2.24) is 15.1 Å². The molecule has 1 saturated heterocycles. The number of urea groups is 1. The molecule has 0 bridgehead atoms. The molecule has 6 nitrogen and oxygen atoms in total. The Bertz CT molecular complexity index is 585. The molecule has 0 radical (unpaired) electrons. The van der Waals surface area contributed by atoms with E-state index in [1.807, 2.05) is 30.0 Å². The standard InChI is InChI=1S/C16H22N4O2.ClH/c1-2-17-16(22)20-9-7-19(8-10-20)15(21)13-3-4-14-12(11-13)5-6-18-14;/h3-4,11,18H,2,5-10H2,1H3,(H,17,22);1H. The second-order valence-corrected chi connectivity index (χ2v) is 5.66. The molecule has 1 aromatic carbocycles. The van der Waals surface area contributed by atoms with E-state index >= 15 is 0 Å². The molecule has 1 fully saturated rings. The number of nitrogens with zero attached hydrogens (tertiary/aromatic N) is 2. The maximum absolute atomic E-state index is 12.6. The lowest BCUT2D eigenvalue weighted by atomic mass is 10.1. The van der Waals surface area contributed by atoms with Gasteiger partial charge in [0.15, 0.2) is 0 Å². The molecule has 2 aliphatic rings. The molecule has 0 atom stereocenters. The van der Waals surface area contributed by atoms with E-state index in [1.165, 1.54) is 5.56 Å². The zero-order valence-electron chi connectivity index (χ0n) is 13.3. The van der Waals surface area contributed by atoms with Crippen LogP contribution < -0.4 is 10.6 Å². The van der Waals surface area contributed by atoms with Crippen molar-refractivity contribution < 1.29 is 9.59 Å². The van der Waals surface area contributed by atoms with Gasteiger partial charge in [-0.2, -0.15) is 0 Å². The molecule has 1 aromatic rings. The summed E-state index contributed by atoms with van der Waals surface area (Å²) in [6, 6.07) is 5.82. The van der Waals surface area contributed by atoms with Gasteiger partial charge in [-0.1, -0.05) is 0 Å². The van der Waals surface area contributed by atoms with E-state index in [0.29, 0.717) is 32.7 Å². The van der Waals surface area contributed by atoms with Crippen LogP contribution in [0.25, 0.3) is 0 Å². The predicted molar refractivity (Wildman–Crippen MR) is 92.4 cm³/mol. The third-order valence-corrected chi connectivity index (χ3v) is 4.24. The van der Waals surface area contributed by atoms with Gasteiger partial charge in [0, 0.05) is 50.5 Å². The van der Waals surface area contributed by atoms with E-state index in [9.17, 15) is 9.59 Å². The second-order valence-electron chi connectivity index (χ2n) is 5.66. The van der Waals surface area contributed by atoms with Gasteiger partial charge in [-0.15, -0.1) is 12.4 Å². The van der Waals surface area contributed by atoms with Crippen LogP contribution in [0.15, 0.2) is 18.2 Å². The number of carbonyl (C=O) groups excluding carboxylic acids is 2. The van der Waals surface area contributed by atoms with Gasteiger partial charge < -0.3 is 20.4 Å². The Hall–Kier alpha value is -1.95. The van der Waals surface area contributed by atoms with Crippen molar-refractivity contribution in [2.45, 2.75) is 13.3 Å². The normalized spacial score (nSPS) is 16.2. The zero-order valence-corrected chi connectivity index (χ0v) is 14.1. The SMILES string of the molecule is CCNC(=O)N1CCN(C(=O)c2ccc3c(c2)CCN3)CC1.Cl. The fraction of sp³-hybridized carbons (Fsp3) is 0.500. The topological polar surface area (TPSA) is 64.7 Å². The average molecular weight is 339 g/mol. The number of rotatable bonds is 2. The maximum atomic E-state index is 12.6. The fourth-order valence-electron chi connectivity index (χ4n) is 3.00. The summed E-state index contributed by atoms with van der Waals surface area (Å²) in [5.41, 5.74) is 3.10. The van der Waals surface area contributed by atoms with Crippen LogP contribution in [0.4, 0.5) is 10.5 Å². The van der Waals surface area contributed by atoms with Gasteiger partial charge in [0.1, 0.15) is 0 Å². The third kappa shape index (κ3) is 3.69. The Morgan fingerprint density at radius 2 is 1.87 bits per heavy atom. The highest BCUT2D eigenvalue weighted by atomic mass is 35.5. The van der Waals surface area contributed by atoms with Crippen LogP contribution in [0.2, 0.25) is 0 Å². The van der Waals surface area contributed by atoms with Gasteiger partial charge >= 0.3 is 6.03 Å². The van der Waals surface area contributed by atoms with Crippen molar-refractivity contribution in [3.8, 4) is 0 Å². The highest BCUT2D eigenvalue weighted by Crippen LogP contribution is 2.23. The summed E-state index contributed by atoms with van der Waals surface area (Å²) in [6.07, 6.45) is 0.974. The fourth-order valence-corrected chi connectivity index (χ4v) is 3.00. The summed E-state index contributed by atoms with van der Waals surface area (Å²) in [4.78, 5) is 28.0. The first-order valence-electron chi connectivity index (χ1n) is 7.88. The summed E-state index contributed by atoms with van der Waals surface area (Å²) >= 11 is 0. The van der Waals surface area contributed by atoms with Crippen molar-refractivity contribution in [1.29, 1.82) is 0 Å². The Balaban J connectivity index is 0.00000192. The third-order valence-electron chi connectivity index (χ3n) is 4.24. The summed E-state index contributed by atoms with van der Waals surface area (Å²) in [7, 11) is 0. The maximum Gasteiger partial charge on any atom is 0.317 e. The minimum absolute atomic E-state index is 0. The van der Waals surface area contributed by atoms with Crippen LogP contribution in [0.3, 0.4) is 0 Å². The summed E-state index contributed by atoms with van der Waals surface area (Å²) in [5.74, 6) is 0.0604. The molecule has 126 valence electrons. The molecule has 3 amide bonds. The van der Waals surface area contributed by atoms with Crippen molar-refractivity contribution in [2.75, 3.05) is 44.6 Å². The molecule has 0 saturated carbocycles. The lowest BCUT2D eigenvalue weighted by molar-refractivity contribution is 0.0665. The molecule has 23 heavy (non-hydrogen) atoms. The first-order chi connectivity index (χ1) is 10.7. The van der Waals surface area contributed by atoms with Gasteiger partial charge in [-0.3, -0.25) is 4.79 Å². The van der Waals surface area contributed by atoms with Crippen LogP contribution in [0, 0.1) is 0 Å². The van der Waals surface area contributed by atoms with Gasteiger partial charge in [-0.05, 0) is 37.1 Å². The highest BCUT2D eigenvalue weighted by Gasteiger charge is 2.25. The van der Waals surface area contributed by atoms with Crippen LogP contribution >= 0.6 is 12.4 Å². The first-order valence-corrected chi connectivity index (χ1v) is 7.88. The second kappa shape index (κ2) is 7.55. The van der Waals surface area contributed by atoms with E-state index < -0.39 is 0 Å². The Kier molecular flexibility index (Phi) is 5.71. The molecule has 0 aliphatic carbocycles. The molecule has 3 rings (SSSR count). The largest absolute Gasteiger partial charge is 0.384 e. The number of halogens is 1. The zero-order chi connectivity index (χ0) is 15.5. The number of fused-ring (bicyclic) bond motifs is 1. The molecular weight excluding hydrogens is 316 g/mol. The first kappa shape index (κ1) is 17.4. The van der Waals surface area contributed by atoms with E-state index in [4.69, 9.17) is 0 Å². The van der Waals surface area contributed by atoms with E-state index in [1.54, 1.807) is 4.90 Å². The number of piperazine rings is 1. The molecule has 2 aliphatic heterocycles. The lowest BCUT2D eigenvalue weighted by Crippen LogP contribution is -2.53. The summed E-state index contributed by atoms with van der Waals surface area (Å²) in [5, 5.41) is 6.10. The number of benzene rings is 1. The monoisotopic (exact) mass is 338 g/mol. The number of carbonyl (C=O) groups is 2. The van der Waals surface area contributed by atoms with E-state index in [2.05, 4.69) is 10.6 Å². The molecule has 0 spiro atoms. The number of amides is 3. The van der Waals surface area contributed by atoms with Gasteiger partial charge in [0.2, 0.25) is 0 Å². The highest BCUT2D eigenvalue weighted by molar-refractivity contribution is 5.95. The van der Waals surface area contributed by atoms with Crippen molar-refractivity contribution in [3.63, 3.8) is 0 Å². The van der Waals surface area contributed by atoms with E-state index in [-0.39, 0.29) is 24.3 Å². The molecule has 0 unspecified atom stereocenters. The predicted octanol–water partition coefficient (Wildman–Crippen LogP) is 1.56. The van der Waals surface area contributed by atoms with E-state index in [0.717, 1.165) is 24.2 Å². The van der Waals surface area contributed by atoms with Crippen molar-refractivity contribution >= 4 is 30.0 Å². The Morgan fingerprint density at radius 3 is 2.57 bits per heavy atom. The molecule has 2 N–H and O–H groups in total. The van der Waals surface area contributed by atoms with Crippen LogP contribution in [-0.4, -0.2) is 61.0 Å². The molecule has 2 heterocycles. The quantitative estimate of drug-likeness (QED) is 0.860. The number of hydrogen-bond acceptors (Lipinski definition) is 3. The summed E-state index contributed by atoms with van der Waals surface area (Å²) < 4.78 is 0. The number of anilines is 1.